The van der Waals surface area contributed by atoms with Gasteiger partial charge >= 0.3 is 11.2 Å². The molecular weight excluding hydrogens is 320 g/mol. The van der Waals surface area contributed by atoms with Gasteiger partial charge in [0, 0.05) is 12.7 Å². The van der Waals surface area contributed by atoms with Crippen molar-refractivity contribution in [1.82, 2.24) is 9.38 Å². The Balaban J connectivity index is 1.83. The molecule has 0 aliphatic carbocycles. The van der Waals surface area contributed by atoms with E-state index in [0.717, 1.165) is 12.0 Å². The smallest absolute Gasteiger partial charge is 0.364 e. The van der Waals surface area contributed by atoms with E-state index in [1.807, 2.05) is 12.1 Å². The maximum Gasteiger partial charge on any atom is 0.376 e. The molecule has 0 aliphatic heterocycles. The number of anilines is 1. The number of hydrogen-bond donors (Lipinski definition) is 1. The van der Waals surface area contributed by atoms with E-state index in [0.29, 0.717) is 18.6 Å². The maximum absolute atomic E-state index is 12.3. The van der Waals surface area contributed by atoms with E-state index >= 15 is 0 Å². The molecule has 0 fully saturated rings. The lowest BCUT2D eigenvalue weighted by atomic mass is 10.1. The number of hydrogen-bond acceptors (Lipinski definition) is 5. The molecule has 0 spiro atoms. The van der Waals surface area contributed by atoms with Crippen molar-refractivity contribution in [3.8, 4) is 0 Å². The first-order chi connectivity index (χ1) is 12.1. The molecule has 0 bridgehead atoms. The molecule has 2 heterocycles. The van der Waals surface area contributed by atoms with Crippen molar-refractivity contribution >= 4 is 17.2 Å². The Bertz CT molecular complexity index is 964. The minimum absolute atomic E-state index is 0.00591. The second-order valence-corrected chi connectivity index (χ2v) is 5.65. The first kappa shape index (κ1) is 16.6. The average molecular weight is 338 g/mol. The predicted molar refractivity (Wildman–Crippen MR) is 96.1 cm³/mol. The van der Waals surface area contributed by atoms with Crippen molar-refractivity contribution in [2.45, 2.75) is 19.8 Å². The van der Waals surface area contributed by atoms with Crippen molar-refractivity contribution in [3.05, 3.63) is 80.3 Å². The first-order valence-electron chi connectivity index (χ1n) is 8.07. The Kier molecular flexibility index (Phi) is 4.74. The predicted octanol–water partition coefficient (Wildman–Crippen LogP) is 2.82. The molecule has 2 aromatic heterocycles. The van der Waals surface area contributed by atoms with Crippen LogP contribution in [0, 0.1) is 10.1 Å². The van der Waals surface area contributed by atoms with E-state index in [-0.39, 0.29) is 5.82 Å². The number of benzene rings is 1. The molecule has 1 aromatic carbocycles. The van der Waals surface area contributed by atoms with Gasteiger partial charge in [-0.3, -0.25) is 19.3 Å². The number of rotatable bonds is 6. The number of nitrogens with one attached hydrogen (secondary N) is 1. The summed E-state index contributed by atoms with van der Waals surface area (Å²) in [6.07, 6.45) is 3.13. The Labute approximate surface area is 144 Å². The summed E-state index contributed by atoms with van der Waals surface area (Å²) in [6.45, 7) is 2.54. The minimum atomic E-state index is -0.689. The SMILES string of the molecule is CCc1ccc(CCNc2nc3ccccn3c(=O)c2[N+](=O)[O-])cc1. The van der Waals surface area contributed by atoms with Crippen LogP contribution in [0.25, 0.3) is 5.65 Å². The summed E-state index contributed by atoms with van der Waals surface area (Å²) in [4.78, 5) is 27.2. The van der Waals surface area contributed by atoms with E-state index in [1.54, 1.807) is 18.2 Å². The molecule has 25 heavy (non-hydrogen) atoms. The summed E-state index contributed by atoms with van der Waals surface area (Å²) in [5.41, 5.74) is 1.52. The van der Waals surface area contributed by atoms with Crippen LogP contribution in [0.2, 0.25) is 0 Å². The lowest BCUT2D eigenvalue weighted by Crippen LogP contribution is -2.21. The molecular formula is C18H18N4O3. The molecule has 128 valence electrons. The minimum Gasteiger partial charge on any atom is -0.364 e. The number of aromatic nitrogens is 2. The van der Waals surface area contributed by atoms with Crippen molar-refractivity contribution in [2.24, 2.45) is 0 Å². The van der Waals surface area contributed by atoms with Gasteiger partial charge in [-0.2, -0.15) is 0 Å². The third kappa shape index (κ3) is 3.50. The highest BCUT2D eigenvalue weighted by molar-refractivity contribution is 5.59. The van der Waals surface area contributed by atoms with Crippen molar-refractivity contribution in [2.75, 3.05) is 11.9 Å². The molecule has 7 heteroatoms. The first-order valence-corrected chi connectivity index (χ1v) is 8.07. The van der Waals surface area contributed by atoms with Crippen LogP contribution in [0.3, 0.4) is 0 Å². The number of aryl methyl sites for hydroxylation is 1. The zero-order chi connectivity index (χ0) is 17.8. The highest BCUT2D eigenvalue weighted by Gasteiger charge is 2.23. The number of nitro groups is 1. The lowest BCUT2D eigenvalue weighted by Gasteiger charge is -2.08. The van der Waals surface area contributed by atoms with Crippen molar-refractivity contribution in [3.63, 3.8) is 0 Å². The van der Waals surface area contributed by atoms with E-state index in [1.165, 1.54) is 16.2 Å². The quantitative estimate of drug-likeness (QED) is 0.551. The van der Waals surface area contributed by atoms with Crippen molar-refractivity contribution in [1.29, 1.82) is 0 Å². The molecule has 1 N–H and O–H groups in total. The van der Waals surface area contributed by atoms with Crippen LogP contribution in [0.1, 0.15) is 18.1 Å². The van der Waals surface area contributed by atoms with E-state index in [2.05, 4.69) is 29.4 Å². The van der Waals surface area contributed by atoms with Crippen LogP contribution in [-0.2, 0) is 12.8 Å². The van der Waals surface area contributed by atoms with Gasteiger partial charge in [0.2, 0.25) is 5.82 Å². The Morgan fingerprint density at radius 2 is 1.88 bits per heavy atom. The van der Waals surface area contributed by atoms with E-state index < -0.39 is 16.2 Å². The third-order valence-electron chi connectivity index (χ3n) is 4.03. The van der Waals surface area contributed by atoms with Crippen LogP contribution in [-0.4, -0.2) is 20.9 Å². The van der Waals surface area contributed by atoms with Gasteiger partial charge in [-0.05, 0) is 36.1 Å². The summed E-state index contributed by atoms with van der Waals surface area (Å²) in [5.74, 6) is 0.00591. The second kappa shape index (κ2) is 7.12. The Morgan fingerprint density at radius 1 is 1.16 bits per heavy atom. The van der Waals surface area contributed by atoms with Crippen LogP contribution >= 0.6 is 0 Å². The number of fused-ring (bicyclic) bond motifs is 1. The van der Waals surface area contributed by atoms with Gasteiger partial charge in [-0.15, -0.1) is 0 Å². The fourth-order valence-electron chi connectivity index (χ4n) is 2.63. The molecule has 0 saturated heterocycles. The summed E-state index contributed by atoms with van der Waals surface area (Å²) >= 11 is 0. The van der Waals surface area contributed by atoms with Crippen LogP contribution in [0.5, 0.6) is 0 Å². The molecule has 7 nitrogen and oxygen atoms in total. The van der Waals surface area contributed by atoms with Gasteiger partial charge in [0.25, 0.3) is 0 Å². The Hall–Kier alpha value is -3.22. The normalized spacial score (nSPS) is 10.8. The van der Waals surface area contributed by atoms with Gasteiger partial charge in [-0.25, -0.2) is 4.98 Å². The number of pyridine rings is 1. The molecule has 3 rings (SSSR count). The average Bonchev–Trinajstić information content (AvgIpc) is 2.62. The van der Waals surface area contributed by atoms with E-state index in [4.69, 9.17) is 0 Å². The van der Waals surface area contributed by atoms with Gasteiger partial charge < -0.3 is 5.32 Å². The third-order valence-corrected chi connectivity index (χ3v) is 4.03. The molecule has 0 aliphatic rings. The summed E-state index contributed by atoms with van der Waals surface area (Å²) < 4.78 is 1.17. The number of nitrogens with zero attached hydrogens (tertiary/aromatic N) is 3. The standard InChI is InChI=1S/C18H18N4O3/c1-2-13-6-8-14(9-7-13)10-11-19-17-16(22(24)25)18(23)21-12-4-3-5-15(21)20-17/h3-9,12,19H,2,10-11H2,1H3. The highest BCUT2D eigenvalue weighted by Crippen LogP contribution is 2.18. The Morgan fingerprint density at radius 3 is 2.56 bits per heavy atom. The molecule has 0 saturated carbocycles. The highest BCUT2D eigenvalue weighted by atomic mass is 16.6. The van der Waals surface area contributed by atoms with Gasteiger partial charge in [0.05, 0.1) is 4.92 Å². The summed E-state index contributed by atoms with van der Waals surface area (Å²) in [7, 11) is 0. The topological polar surface area (TPSA) is 89.5 Å². The summed E-state index contributed by atoms with van der Waals surface area (Å²) in [6, 6.07) is 13.2. The zero-order valence-corrected chi connectivity index (χ0v) is 13.8. The monoisotopic (exact) mass is 338 g/mol. The molecule has 0 radical (unpaired) electrons. The van der Waals surface area contributed by atoms with Crippen molar-refractivity contribution < 1.29 is 4.92 Å². The van der Waals surface area contributed by atoms with Crippen LogP contribution < -0.4 is 10.9 Å². The fraction of sp³-hybridized carbons (Fsp3) is 0.222. The van der Waals surface area contributed by atoms with Crippen LogP contribution in [0.15, 0.2) is 53.5 Å². The zero-order valence-electron chi connectivity index (χ0n) is 13.8. The molecule has 0 unspecified atom stereocenters. The molecule has 0 amide bonds. The molecule has 0 atom stereocenters. The summed E-state index contributed by atoms with van der Waals surface area (Å²) in [5, 5.41) is 14.2. The maximum atomic E-state index is 12.3. The second-order valence-electron chi connectivity index (χ2n) is 5.65. The van der Waals surface area contributed by atoms with Gasteiger partial charge in [-0.1, -0.05) is 37.3 Å². The van der Waals surface area contributed by atoms with E-state index in [9.17, 15) is 14.9 Å². The molecule has 3 aromatic rings. The van der Waals surface area contributed by atoms with Gasteiger partial charge in [0.1, 0.15) is 5.65 Å². The van der Waals surface area contributed by atoms with Gasteiger partial charge in [0.15, 0.2) is 0 Å². The fourth-order valence-corrected chi connectivity index (χ4v) is 2.63. The lowest BCUT2D eigenvalue weighted by molar-refractivity contribution is -0.385. The largest absolute Gasteiger partial charge is 0.376 e. The van der Waals surface area contributed by atoms with Crippen LogP contribution in [0.4, 0.5) is 11.5 Å².